The van der Waals surface area contributed by atoms with E-state index in [-0.39, 0.29) is 0 Å². The fourth-order valence-electron chi connectivity index (χ4n) is 1.86. The third kappa shape index (κ3) is 3.58. The van der Waals surface area contributed by atoms with E-state index in [1.165, 1.54) is 10.4 Å². The van der Waals surface area contributed by atoms with E-state index in [0.29, 0.717) is 11.8 Å². The van der Waals surface area contributed by atoms with Crippen LogP contribution in [-0.4, -0.2) is 18.2 Å². The standard InChI is InChI=1S/C14H17NOS/c1-15-12(10-14-3-2-8-17-14)9-11-4-6-13(16)7-5-11/h2-8,12,15-16H,9-10H2,1H3. The summed E-state index contributed by atoms with van der Waals surface area (Å²) in [6.45, 7) is 0. The predicted molar refractivity (Wildman–Crippen MR) is 72.7 cm³/mol. The number of likely N-dealkylation sites (N-methyl/N-ethyl adjacent to an activating group) is 1. The molecule has 0 saturated heterocycles. The Morgan fingerprint density at radius 2 is 1.94 bits per heavy atom. The van der Waals surface area contributed by atoms with Crippen molar-refractivity contribution in [2.75, 3.05) is 7.05 Å². The van der Waals surface area contributed by atoms with Gasteiger partial charge in [-0.05, 0) is 49.0 Å². The van der Waals surface area contributed by atoms with Gasteiger partial charge in [0, 0.05) is 10.9 Å². The lowest BCUT2D eigenvalue weighted by Crippen LogP contribution is -2.29. The number of benzene rings is 1. The molecule has 1 atom stereocenters. The van der Waals surface area contributed by atoms with Gasteiger partial charge in [0.2, 0.25) is 0 Å². The van der Waals surface area contributed by atoms with Crippen LogP contribution in [-0.2, 0) is 12.8 Å². The van der Waals surface area contributed by atoms with Crippen LogP contribution in [0.5, 0.6) is 5.75 Å². The average Bonchev–Trinajstić information content (AvgIpc) is 2.84. The van der Waals surface area contributed by atoms with Gasteiger partial charge in [-0.15, -0.1) is 11.3 Å². The zero-order valence-corrected chi connectivity index (χ0v) is 10.7. The number of rotatable bonds is 5. The molecule has 2 aromatic rings. The minimum atomic E-state index is 0.327. The van der Waals surface area contributed by atoms with Crippen LogP contribution in [0.4, 0.5) is 0 Å². The summed E-state index contributed by atoms with van der Waals surface area (Å²) in [5, 5.41) is 14.7. The van der Waals surface area contributed by atoms with Crippen LogP contribution in [0.1, 0.15) is 10.4 Å². The van der Waals surface area contributed by atoms with Crippen LogP contribution in [0.25, 0.3) is 0 Å². The van der Waals surface area contributed by atoms with Gasteiger partial charge in [0.1, 0.15) is 5.75 Å². The summed E-state index contributed by atoms with van der Waals surface area (Å²) in [6, 6.07) is 12.2. The second-order valence-corrected chi connectivity index (χ2v) is 5.17. The maximum Gasteiger partial charge on any atom is 0.115 e. The highest BCUT2D eigenvalue weighted by Crippen LogP contribution is 2.15. The van der Waals surface area contributed by atoms with Crippen molar-refractivity contribution in [3.8, 4) is 5.75 Å². The average molecular weight is 247 g/mol. The highest BCUT2D eigenvalue weighted by atomic mass is 32.1. The normalized spacial score (nSPS) is 12.5. The van der Waals surface area contributed by atoms with Crippen LogP contribution in [0.15, 0.2) is 41.8 Å². The Labute approximate surface area is 106 Å². The molecule has 3 heteroatoms. The van der Waals surface area contributed by atoms with Crippen molar-refractivity contribution in [3.05, 3.63) is 52.2 Å². The number of thiophene rings is 1. The number of phenols is 1. The van der Waals surface area contributed by atoms with E-state index in [1.807, 2.05) is 19.2 Å². The van der Waals surface area contributed by atoms with Gasteiger partial charge in [0.25, 0.3) is 0 Å². The smallest absolute Gasteiger partial charge is 0.115 e. The Balaban J connectivity index is 1.97. The first kappa shape index (κ1) is 12.1. The van der Waals surface area contributed by atoms with E-state index in [1.54, 1.807) is 23.5 Å². The summed E-state index contributed by atoms with van der Waals surface area (Å²) in [7, 11) is 2.00. The van der Waals surface area contributed by atoms with E-state index in [2.05, 4.69) is 22.8 Å². The molecule has 2 nitrogen and oxygen atoms in total. The Hall–Kier alpha value is -1.32. The SMILES string of the molecule is CNC(Cc1ccc(O)cc1)Cc1cccs1. The Bertz CT molecular complexity index is 436. The van der Waals surface area contributed by atoms with Gasteiger partial charge in [-0.2, -0.15) is 0 Å². The van der Waals surface area contributed by atoms with E-state index in [4.69, 9.17) is 0 Å². The predicted octanol–water partition coefficient (Wildman–Crippen LogP) is 2.83. The molecule has 17 heavy (non-hydrogen) atoms. The van der Waals surface area contributed by atoms with Crippen molar-refractivity contribution < 1.29 is 5.11 Å². The number of hydrogen-bond donors (Lipinski definition) is 2. The summed E-state index contributed by atoms with van der Waals surface area (Å²) in [4.78, 5) is 1.41. The molecule has 2 N–H and O–H groups in total. The van der Waals surface area contributed by atoms with Crippen molar-refractivity contribution in [1.82, 2.24) is 5.32 Å². The number of phenolic OH excluding ortho intramolecular Hbond substituents is 1. The zero-order valence-electron chi connectivity index (χ0n) is 9.89. The van der Waals surface area contributed by atoms with Gasteiger partial charge in [0.15, 0.2) is 0 Å². The minimum Gasteiger partial charge on any atom is -0.508 e. The first-order chi connectivity index (χ1) is 8.28. The Kier molecular flexibility index (Phi) is 4.18. The maximum absolute atomic E-state index is 9.24. The summed E-state index contributed by atoms with van der Waals surface area (Å²) >= 11 is 1.80. The monoisotopic (exact) mass is 247 g/mol. The van der Waals surface area contributed by atoms with Crippen LogP contribution in [0, 0.1) is 0 Å². The van der Waals surface area contributed by atoms with Gasteiger partial charge >= 0.3 is 0 Å². The lowest BCUT2D eigenvalue weighted by atomic mass is 10.0. The third-order valence-corrected chi connectivity index (χ3v) is 3.75. The van der Waals surface area contributed by atoms with Gasteiger partial charge in [0.05, 0.1) is 0 Å². The van der Waals surface area contributed by atoms with Gasteiger partial charge < -0.3 is 10.4 Å². The number of nitrogens with one attached hydrogen (secondary N) is 1. The summed E-state index contributed by atoms with van der Waals surface area (Å²) in [5.74, 6) is 0.327. The molecule has 90 valence electrons. The van der Waals surface area contributed by atoms with E-state index in [0.717, 1.165) is 12.8 Å². The van der Waals surface area contributed by atoms with Crippen molar-refractivity contribution in [3.63, 3.8) is 0 Å². The van der Waals surface area contributed by atoms with Crippen molar-refractivity contribution in [2.24, 2.45) is 0 Å². The van der Waals surface area contributed by atoms with E-state index in [9.17, 15) is 5.11 Å². The van der Waals surface area contributed by atoms with Crippen molar-refractivity contribution in [1.29, 1.82) is 0 Å². The summed E-state index contributed by atoms with van der Waals surface area (Å²) in [5.41, 5.74) is 1.25. The molecule has 0 bridgehead atoms. The van der Waals surface area contributed by atoms with E-state index < -0.39 is 0 Å². The van der Waals surface area contributed by atoms with Gasteiger partial charge in [-0.1, -0.05) is 18.2 Å². The first-order valence-electron chi connectivity index (χ1n) is 5.75. The maximum atomic E-state index is 9.24. The highest BCUT2D eigenvalue weighted by Gasteiger charge is 2.09. The molecule has 2 rings (SSSR count). The first-order valence-corrected chi connectivity index (χ1v) is 6.63. The molecule has 0 fully saturated rings. The molecule has 0 aliphatic carbocycles. The molecule has 0 aliphatic rings. The molecule has 0 amide bonds. The molecule has 1 aromatic carbocycles. The molecule has 0 saturated carbocycles. The summed E-state index contributed by atoms with van der Waals surface area (Å²) < 4.78 is 0. The van der Waals surface area contributed by atoms with Crippen LogP contribution < -0.4 is 5.32 Å². The Morgan fingerprint density at radius 1 is 1.18 bits per heavy atom. The molecular formula is C14H17NOS. The van der Waals surface area contributed by atoms with Crippen molar-refractivity contribution >= 4 is 11.3 Å². The lowest BCUT2D eigenvalue weighted by Gasteiger charge is -2.15. The second kappa shape index (κ2) is 5.84. The number of hydrogen-bond acceptors (Lipinski definition) is 3. The summed E-state index contributed by atoms with van der Waals surface area (Å²) in [6.07, 6.45) is 2.03. The van der Waals surface area contributed by atoms with Crippen molar-refractivity contribution in [2.45, 2.75) is 18.9 Å². The molecule has 0 radical (unpaired) electrons. The molecule has 1 heterocycles. The molecule has 0 spiro atoms. The van der Waals surface area contributed by atoms with Gasteiger partial charge in [-0.25, -0.2) is 0 Å². The molecule has 1 aromatic heterocycles. The fraction of sp³-hybridized carbons (Fsp3) is 0.286. The molecular weight excluding hydrogens is 230 g/mol. The van der Waals surface area contributed by atoms with Gasteiger partial charge in [-0.3, -0.25) is 0 Å². The van der Waals surface area contributed by atoms with E-state index >= 15 is 0 Å². The molecule has 0 aliphatic heterocycles. The van der Waals surface area contributed by atoms with Crippen LogP contribution >= 0.6 is 11.3 Å². The second-order valence-electron chi connectivity index (χ2n) is 4.14. The zero-order chi connectivity index (χ0) is 12.1. The fourth-order valence-corrected chi connectivity index (χ4v) is 2.65. The molecule has 1 unspecified atom stereocenters. The highest BCUT2D eigenvalue weighted by molar-refractivity contribution is 7.09. The quantitative estimate of drug-likeness (QED) is 0.851. The number of aromatic hydroxyl groups is 1. The lowest BCUT2D eigenvalue weighted by molar-refractivity contribution is 0.474. The topological polar surface area (TPSA) is 32.3 Å². The largest absolute Gasteiger partial charge is 0.508 e. The van der Waals surface area contributed by atoms with Crippen LogP contribution in [0.3, 0.4) is 0 Å². The Morgan fingerprint density at radius 3 is 2.53 bits per heavy atom. The third-order valence-electron chi connectivity index (χ3n) is 2.85. The minimum absolute atomic E-state index is 0.327. The van der Waals surface area contributed by atoms with Crippen LogP contribution in [0.2, 0.25) is 0 Å².